The second-order valence-corrected chi connectivity index (χ2v) is 10.8. The van der Waals surface area contributed by atoms with Gasteiger partial charge in [-0.3, -0.25) is 0 Å². The molecule has 1 nitrogen and oxygen atoms in total. The fourth-order valence-electron chi connectivity index (χ4n) is 4.97. The zero-order valence-corrected chi connectivity index (χ0v) is 16.5. The summed E-state index contributed by atoms with van der Waals surface area (Å²) in [5, 5.41) is 9.83. The summed E-state index contributed by atoms with van der Waals surface area (Å²) in [6.07, 6.45) is 12.6. The monoisotopic (exact) mass is 404 g/mol. The second kappa shape index (κ2) is 6.51. The van der Waals surface area contributed by atoms with Gasteiger partial charge in [0.05, 0.1) is 0 Å². The van der Waals surface area contributed by atoms with Crippen molar-refractivity contribution in [3.8, 4) is 0 Å². The highest BCUT2D eigenvalue weighted by Gasteiger charge is 2.47. The van der Waals surface area contributed by atoms with Gasteiger partial charge in [0.2, 0.25) is 0 Å². The van der Waals surface area contributed by atoms with Crippen molar-refractivity contribution in [1.82, 2.24) is 0 Å². The summed E-state index contributed by atoms with van der Waals surface area (Å²) in [6, 6.07) is 0. The van der Waals surface area contributed by atoms with E-state index in [0.29, 0.717) is 15.4 Å². The van der Waals surface area contributed by atoms with Crippen LogP contribution in [-0.4, -0.2) is 15.1 Å². The van der Waals surface area contributed by atoms with Gasteiger partial charge in [-0.15, -0.1) is 0 Å². The fraction of sp³-hybridized carbons (Fsp3) is 0.895. The Morgan fingerprint density at radius 3 is 2.57 bits per heavy atom. The zero-order valence-electron chi connectivity index (χ0n) is 14.3. The number of hydrogen-bond acceptors (Lipinski definition) is 1. The number of aliphatic hydroxyl groups excluding tert-OH is 1. The first-order valence-corrected chi connectivity index (χ1v) is 9.84. The maximum atomic E-state index is 9.83. The Kier molecular flexibility index (Phi) is 5.51. The molecule has 2 aliphatic carbocycles. The highest BCUT2D eigenvalue weighted by molar-refractivity contribution is 14.1. The summed E-state index contributed by atoms with van der Waals surface area (Å²) in [7, 11) is 0. The van der Waals surface area contributed by atoms with Crippen molar-refractivity contribution in [2.45, 2.75) is 82.5 Å². The third-order valence-electron chi connectivity index (χ3n) is 6.08. The van der Waals surface area contributed by atoms with Crippen molar-refractivity contribution in [1.29, 1.82) is 0 Å². The molecule has 1 N–H and O–H groups in total. The average Bonchev–Trinajstić information content (AvgIpc) is 2.40. The van der Waals surface area contributed by atoms with Gasteiger partial charge in [0.1, 0.15) is 0 Å². The number of aliphatic hydroxyl groups is 1. The predicted octanol–water partition coefficient (Wildman–Crippen LogP) is 5.90. The molecule has 0 amide bonds. The first-order chi connectivity index (χ1) is 9.76. The normalized spacial score (nSPS) is 44.5. The molecule has 0 bridgehead atoms. The van der Waals surface area contributed by atoms with Gasteiger partial charge in [-0.1, -0.05) is 67.9 Å². The second-order valence-electron chi connectivity index (χ2n) is 8.38. The molecule has 0 saturated heterocycles. The van der Waals surface area contributed by atoms with E-state index in [9.17, 15) is 5.11 Å². The molecule has 1 fully saturated rings. The van der Waals surface area contributed by atoms with Crippen LogP contribution in [-0.2, 0) is 0 Å². The molecule has 2 aliphatic rings. The third-order valence-corrected chi connectivity index (χ3v) is 7.37. The average molecular weight is 404 g/mol. The van der Waals surface area contributed by atoms with Crippen LogP contribution in [0.5, 0.6) is 0 Å². The van der Waals surface area contributed by atoms with E-state index in [-0.39, 0.29) is 5.41 Å². The summed E-state index contributed by atoms with van der Waals surface area (Å²) in [6.45, 7) is 9.88. The summed E-state index contributed by atoms with van der Waals surface area (Å²) < 4.78 is 0.411. The van der Waals surface area contributed by atoms with Crippen molar-refractivity contribution < 1.29 is 5.11 Å². The van der Waals surface area contributed by atoms with E-state index in [4.69, 9.17) is 0 Å². The molecular weight excluding hydrogens is 371 g/mol. The molecule has 0 aromatic carbocycles. The first-order valence-electron chi connectivity index (χ1n) is 8.77. The molecule has 1 saturated carbocycles. The van der Waals surface area contributed by atoms with E-state index >= 15 is 0 Å². The maximum Gasteiger partial charge on any atom is 0.0485 e. The Morgan fingerprint density at radius 1 is 1.24 bits per heavy atom. The number of hydrogen-bond donors (Lipinski definition) is 1. The van der Waals surface area contributed by atoms with Gasteiger partial charge in [0, 0.05) is 10.0 Å². The highest BCUT2D eigenvalue weighted by atomic mass is 127. The van der Waals surface area contributed by atoms with Crippen LogP contribution in [0.3, 0.4) is 0 Å². The lowest BCUT2D eigenvalue weighted by molar-refractivity contribution is 0.0412. The molecule has 4 atom stereocenters. The smallest absolute Gasteiger partial charge is 0.0485 e. The van der Waals surface area contributed by atoms with E-state index in [1.807, 2.05) is 0 Å². The van der Waals surface area contributed by atoms with Crippen LogP contribution in [0.15, 0.2) is 11.6 Å². The third kappa shape index (κ3) is 3.68. The molecule has 0 spiro atoms. The van der Waals surface area contributed by atoms with Gasteiger partial charge in [-0.05, 0) is 62.2 Å². The van der Waals surface area contributed by atoms with Gasteiger partial charge in [-0.2, -0.15) is 0 Å². The van der Waals surface area contributed by atoms with E-state index in [1.165, 1.54) is 44.9 Å². The summed E-state index contributed by atoms with van der Waals surface area (Å²) in [4.78, 5) is 0. The summed E-state index contributed by atoms with van der Waals surface area (Å²) in [5.74, 6) is 0.725. The molecule has 122 valence electrons. The molecule has 2 rings (SSSR count). The lowest BCUT2D eigenvalue weighted by Gasteiger charge is -2.51. The Labute approximate surface area is 145 Å². The number of rotatable bonds is 4. The van der Waals surface area contributed by atoms with E-state index in [1.54, 1.807) is 5.57 Å². The first kappa shape index (κ1) is 17.8. The SMILES string of the molecule is CCCC1C([C@]2(C)CCC[C@@](C)(CO)C2)=CCC[C@]1(C)I. The summed E-state index contributed by atoms with van der Waals surface area (Å²) in [5.41, 5.74) is 2.17. The molecule has 0 heterocycles. The van der Waals surface area contributed by atoms with Crippen LogP contribution < -0.4 is 0 Å². The molecule has 0 aromatic heterocycles. The molecule has 2 heteroatoms. The van der Waals surface area contributed by atoms with Gasteiger partial charge >= 0.3 is 0 Å². The molecule has 0 radical (unpaired) electrons. The van der Waals surface area contributed by atoms with Gasteiger partial charge in [-0.25, -0.2) is 0 Å². The van der Waals surface area contributed by atoms with Crippen molar-refractivity contribution in [2.75, 3.05) is 6.61 Å². The van der Waals surface area contributed by atoms with Crippen LogP contribution in [0.25, 0.3) is 0 Å². The van der Waals surface area contributed by atoms with Crippen molar-refractivity contribution >= 4 is 22.6 Å². The standard InChI is InChI=1S/C19H33IO/c1-5-8-16-15(9-6-12-19(16,4)20)18(3)11-7-10-17(2,13-18)14-21/h9,16,21H,5-8,10-14H2,1-4H3/t16?,17-,18-,19+/m1/s1. The number of halogens is 1. The topological polar surface area (TPSA) is 20.2 Å². The molecule has 0 aliphatic heterocycles. The van der Waals surface area contributed by atoms with Crippen molar-refractivity contribution in [3.63, 3.8) is 0 Å². The Bertz CT molecular complexity index is 400. The molecule has 1 unspecified atom stereocenters. The highest BCUT2D eigenvalue weighted by Crippen LogP contribution is 2.56. The van der Waals surface area contributed by atoms with Gasteiger partial charge in [0.25, 0.3) is 0 Å². The minimum absolute atomic E-state index is 0.129. The largest absolute Gasteiger partial charge is 0.396 e. The zero-order chi connectivity index (χ0) is 15.7. The number of allylic oxidation sites excluding steroid dienone is 2. The predicted molar refractivity (Wildman–Crippen MR) is 99.9 cm³/mol. The quantitative estimate of drug-likeness (QED) is 0.352. The fourth-order valence-corrected chi connectivity index (χ4v) is 5.93. The Hall–Kier alpha value is 0.430. The molecular formula is C19H33IO. The lowest BCUT2D eigenvalue weighted by atomic mass is 9.56. The lowest BCUT2D eigenvalue weighted by Crippen LogP contribution is -2.43. The van der Waals surface area contributed by atoms with Crippen LogP contribution in [0.2, 0.25) is 0 Å². The maximum absolute atomic E-state index is 9.83. The molecule has 21 heavy (non-hydrogen) atoms. The van der Waals surface area contributed by atoms with Crippen molar-refractivity contribution in [3.05, 3.63) is 11.6 Å². The summed E-state index contributed by atoms with van der Waals surface area (Å²) >= 11 is 2.72. The van der Waals surface area contributed by atoms with Gasteiger partial charge in [0.15, 0.2) is 0 Å². The van der Waals surface area contributed by atoms with Gasteiger partial charge < -0.3 is 5.11 Å². The molecule has 0 aromatic rings. The Morgan fingerprint density at radius 2 is 1.95 bits per heavy atom. The number of alkyl halides is 1. The van der Waals surface area contributed by atoms with Crippen LogP contribution >= 0.6 is 22.6 Å². The van der Waals surface area contributed by atoms with E-state index in [0.717, 1.165) is 12.3 Å². The van der Waals surface area contributed by atoms with Crippen LogP contribution in [0.1, 0.15) is 79.1 Å². The van der Waals surface area contributed by atoms with E-state index in [2.05, 4.69) is 56.4 Å². The van der Waals surface area contributed by atoms with Crippen molar-refractivity contribution in [2.24, 2.45) is 16.7 Å². The minimum atomic E-state index is 0.129. The Balaban J connectivity index is 2.31. The van der Waals surface area contributed by atoms with E-state index < -0.39 is 0 Å². The van der Waals surface area contributed by atoms with Crippen LogP contribution in [0.4, 0.5) is 0 Å². The minimum Gasteiger partial charge on any atom is -0.396 e. The van der Waals surface area contributed by atoms with Crippen LogP contribution in [0, 0.1) is 16.7 Å².